The summed E-state index contributed by atoms with van der Waals surface area (Å²) in [5, 5.41) is 17.7. The third-order valence-corrected chi connectivity index (χ3v) is 4.92. The Balaban J connectivity index is 1.56. The number of hydrazone groups is 1. The van der Waals surface area contributed by atoms with Crippen LogP contribution in [0.15, 0.2) is 71.8 Å². The molecule has 2 N–H and O–H groups in total. The molecule has 34 heavy (non-hydrogen) atoms. The van der Waals surface area contributed by atoms with E-state index in [4.69, 9.17) is 16.3 Å². The molecule has 0 saturated heterocycles. The number of amides is 2. The Morgan fingerprint density at radius 3 is 2.41 bits per heavy atom. The summed E-state index contributed by atoms with van der Waals surface area (Å²) >= 11 is 5.99. The van der Waals surface area contributed by atoms with Gasteiger partial charge in [0.2, 0.25) is 0 Å². The molecule has 11 heteroatoms. The second-order valence-electron chi connectivity index (χ2n) is 6.80. The Morgan fingerprint density at radius 1 is 1.00 bits per heavy atom. The van der Waals surface area contributed by atoms with Gasteiger partial charge in [0, 0.05) is 16.8 Å². The average molecular weight is 481 g/mol. The molecule has 0 spiro atoms. The average Bonchev–Trinajstić information content (AvgIpc) is 2.83. The molecular formula is C23H17ClN4O6. The Kier molecular flexibility index (Phi) is 7.67. The van der Waals surface area contributed by atoms with Gasteiger partial charge in [-0.25, -0.2) is 10.2 Å². The van der Waals surface area contributed by atoms with Gasteiger partial charge in [-0.3, -0.25) is 19.7 Å². The van der Waals surface area contributed by atoms with Crippen molar-refractivity contribution in [3.05, 3.63) is 98.6 Å². The summed E-state index contributed by atoms with van der Waals surface area (Å²) < 4.78 is 5.18. The van der Waals surface area contributed by atoms with E-state index in [9.17, 15) is 24.5 Å². The Labute approximate surface area is 198 Å². The lowest BCUT2D eigenvalue weighted by molar-refractivity contribution is -0.385. The first-order valence-electron chi connectivity index (χ1n) is 9.71. The molecule has 0 heterocycles. The highest BCUT2D eigenvalue weighted by atomic mass is 35.5. The molecule has 3 aromatic carbocycles. The minimum Gasteiger partial charge on any atom is -0.423 e. The fourth-order valence-electron chi connectivity index (χ4n) is 2.73. The van der Waals surface area contributed by atoms with Crippen LogP contribution in [0.2, 0.25) is 5.02 Å². The fourth-order valence-corrected chi connectivity index (χ4v) is 2.90. The van der Waals surface area contributed by atoms with Gasteiger partial charge in [-0.15, -0.1) is 0 Å². The number of anilines is 1. The van der Waals surface area contributed by atoms with Crippen molar-refractivity contribution in [2.75, 3.05) is 5.32 Å². The van der Waals surface area contributed by atoms with Crippen molar-refractivity contribution in [3.8, 4) is 5.75 Å². The number of nitrogens with one attached hydrogen (secondary N) is 2. The second-order valence-corrected chi connectivity index (χ2v) is 7.21. The van der Waals surface area contributed by atoms with Crippen molar-refractivity contribution in [3.63, 3.8) is 0 Å². The van der Waals surface area contributed by atoms with Crippen molar-refractivity contribution >= 4 is 47.0 Å². The van der Waals surface area contributed by atoms with E-state index in [2.05, 4.69) is 15.8 Å². The first-order valence-corrected chi connectivity index (χ1v) is 10.1. The molecule has 3 aromatic rings. The summed E-state index contributed by atoms with van der Waals surface area (Å²) in [6.45, 7) is 1.70. The lowest BCUT2D eigenvalue weighted by atomic mass is 10.2. The maximum absolute atomic E-state index is 12.3. The minimum atomic E-state index is -0.981. The molecule has 2 amide bonds. The van der Waals surface area contributed by atoms with Crippen molar-refractivity contribution in [2.45, 2.75) is 6.92 Å². The van der Waals surface area contributed by atoms with Crippen LogP contribution in [-0.2, 0) is 9.59 Å². The highest BCUT2D eigenvalue weighted by Crippen LogP contribution is 2.23. The van der Waals surface area contributed by atoms with Crippen LogP contribution in [0.4, 0.5) is 11.4 Å². The van der Waals surface area contributed by atoms with Crippen LogP contribution in [0.25, 0.3) is 0 Å². The predicted octanol–water partition coefficient (Wildman–Crippen LogP) is 3.86. The third-order valence-electron chi connectivity index (χ3n) is 4.51. The van der Waals surface area contributed by atoms with E-state index >= 15 is 0 Å². The number of nitro benzene ring substituents is 1. The monoisotopic (exact) mass is 480 g/mol. The van der Waals surface area contributed by atoms with Crippen molar-refractivity contribution in [1.82, 2.24) is 5.43 Å². The number of hydrogen-bond donors (Lipinski definition) is 2. The van der Waals surface area contributed by atoms with Crippen LogP contribution in [-0.4, -0.2) is 28.9 Å². The van der Waals surface area contributed by atoms with Crippen LogP contribution in [0.5, 0.6) is 5.75 Å². The zero-order valence-electron chi connectivity index (χ0n) is 17.7. The second kappa shape index (κ2) is 10.8. The van der Waals surface area contributed by atoms with Gasteiger partial charge in [-0.05, 0) is 60.5 Å². The summed E-state index contributed by atoms with van der Waals surface area (Å²) in [4.78, 5) is 46.6. The number of nitrogens with zero attached hydrogens (tertiary/aromatic N) is 2. The maximum atomic E-state index is 12.3. The predicted molar refractivity (Wildman–Crippen MR) is 125 cm³/mol. The van der Waals surface area contributed by atoms with Gasteiger partial charge >= 0.3 is 17.8 Å². The molecule has 10 nitrogen and oxygen atoms in total. The summed E-state index contributed by atoms with van der Waals surface area (Å²) in [6, 6.07) is 16.3. The van der Waals surface area contributed by atoms with Gasteiger partial charge in [0.25, 0.3) is 5.69 Å². The molecule has 0 aromatic heterocycles. The summed E-state index contributed by atoms with van der Waals surface area (Å²) in [7, 11) is 0. The number of halogens is 1. The number of esters is 1. The van der Waals surface area contributed by atoms with Gasteiger partial charge in [-0.1, -0.05) is 29.8 Å². The smallest absolute Gasteiger partial charge is 0.350 e. The standard InChI is InChI=1S/C23H17ClN4O6/c1-14-18(24)6-4-7-19(14)26-21(29)22(30)27-25-13-15-9-11-16(12-10-15)34-23(31)17-5-2-3-8-20(17)28(32)33/h2-13H,1H3,(H,26,29)(H,27,30)/b25-13+. The number of ether oxygens (including phenoxy) is 1. The molecule has 0 aliphatic carbocycles. The highest BCUT2D eigenvalue weighted by Gasteiger charge is 2.21. The number of carbonyl (C=O) groups excluding carboxylic acids is 3. The van der Waals surface area contributed by atoms with E-state index < -0.39 is 22.7 Å². The molecule has 0 saturated carbocycles. The van der Waals surface area contributed by atoms with Crippen molar-refractivity contribution in [1.29, 1.82) is 0 Å². The van der Waals surface area contributed by atoms with E-state index in [0.29, 0.717) is 21.8 Å². The number of carbonyl (C=O) groups is 3. The first kappa shape index (κ1) is 24.1. The molecule has 0 aliphatic rings. The van der Waals surface area contributed by atoms with Crippen LogP contribution in [0.3, 0.4) is 0 Å². The van der Waals surface area contributed by atoms with Crippen LogP contribution < -0.4 is 15.5 Å². The zero-order valence-corrected chi connectivity index (χ0v) is 18.4. The van der Waals surface area contributed by atoms with E-state index in [1.54, 1.807) is 25.1 Å². The van der Waals surface area contributed by atoms with Crippen LogP contribution in [0, 0.1) is 17.0 Å². The van der Waals surface area contributed by atoms with Crippen LogP contribution in [0.1, 0.15) is 21.5 Å². The zero-order chi connectivity index (χ0) is 24.7. The molecule has 0 fully saturated rings. The summed E-state index contributed by atoms with van der Waals surface area (Å²) in [6.07, 6.45) is 1.28. The topological polar surface area (TPSA) is 140 Å². The van der Waals surface area contributed by atoms with Gasteiger partial charge in [0.15, 0.2) is 0 Å². The molecule has 0 atom stereocenters. The molecule has 3 rings (SSSR count). The molecule has 0 unspecified atom stereocenters. The maximum Gasteiger partial charge on any atom is 0.350 e. The van der Waals surface area contributed by atoms with E-state index in [-0.39, 0.29) is 17.0 Å². The Hall–Kier alpha value is -4.57. The van der Waals surface area contributed by atoms with Gasteiger partial charge in [0.1, 0.15) is 11.3 Å². The van der Waals surface area contributed by atoms with Crippen LogP contribution >= 0.6 is 11.6 Å². The SMILES string of the molecule is Cc1c(Cl)cccc1NC(=O)C(=O)N/N=C/c1ccc(OC(=O)c2ccccc2[N+](=O)[O-])cc1. The fraction of sp³-hybridized carbons (Fsp3) is 0.0435. The summed E-state index contributed by atoms with van der Waals surface area (Å²) in [5.74, 6) is -2.62. The Bertz CT molecular complexity index is 1290. The lowest BCUT2D eigenvalue weighted by Gasteiger charge is -2.08. The lowest BCUT2D eigenvalue weighted by Crippen LogP contribution is -2.32. The highest BCUT2D eigenvalue weighted by molar-refractivity contribution is 6.40. The van der Waals surface area contributed by atoms with E-state index in [1.165, 1.54) is 54.7 Å². The quantitative estimate of drug-likeness (QED) is 0.137. The number of hydrogen-bond acceptors (Lipinski definition) is 7. The normalized spacial score (nSPS) is 10.5. The number of para-hydroxylation sites is 1. The van der Waals surface area contributed by atoms with E-state index in [0.717, 1.165) is 0 Å². The largest absolute Gasteiger partial charge is 0.423 e. The molecule has 0 bridgehead atoms. The number of rotatable bonds is 6. The van der Waals surface area contributed by atoms with Crippen molar-refractivity contribution in [2.24, 2.45) is 5.10 Å². The molecule has 172 valence electrons. The van der Waals surface area contributed by atoms with Gasteiger partial charge in [0.05, 0.1) is 11.1 Å². The minimum absolute atomic E-state index is 0.153. The summed E-state index contributed by atoms with van der Waals surface area (Å²) in [5.41, 5.74) is 3.12. The van der Waals surface area contributed by atoms with E-state index in [1.807, 2.05) is 0 Å². The van der Waals surface area contributed by atoms with Gasteiger partial charge in [-0.2, -0.15) is 5.10 Å². The number of benzene rings is 3. The van der Waals surface area contributed by atoms with Crippen molar-refractivity contribution < 1.29 is 24.0 Å². The molecule has 0 radical (unpaired) electrons. The van der Waals surface area contributed by atoms with Gasteiger partial charge < -0.3 is 10.1 Å². The number of nitro groups is 1. The molecular weight excluding hydrogens is 464 g/mol. The first-order chi connectivity index (χ1) is 16.3. The molecule has 0 aliphatic heterocycles. The third kappa shape index (κ3) is 6.02. The Morgan fingerprint density at radius 2 is 1.71 bits per heavy atom.